The van der Waals surface area contributed by atoms with Gasteiger partial charge in [-0.1, -0.05) is 66.7 Å². The number of hydrogen-bond donors (Lipinski definition) is 1. The topological polar surface area (TPSA) is 72.2 Å². The van der Waals surface area contributed by atoms with E-state index in [0.29, 0.717) is 18.5 Å². The summed E-state index contributed by atoms with van der Waals surface area (Å²) in [4.78, 5) is 22.5. The minimum absolute atomic E-state index is 0.0336. The van der Waals surface area contributed by atoms with Gasteiger partial charge < -0.3 is 5.32 Å². The molecule has 0 aliphatic rings. The third-order valence-corrected chi connectivity index (χ3v) is 4.31. The fourth-order valence-electron chi connectivity index (χ4n) is 2.85. The first-order chi connectivity index (χ1) is 13.6. The van der Waals surface area contributed by atoms with Crippen molar-refractivity contribution < 1.29 is 9.72 Å². The number of nitrogens with zero attached hydrogens (tertiary/aromatic N) is 1. The molecular formula is C23H20N2O3. The van der Waals surface area contributed by atoms with Gasteiger partial charge >= 0.3 is 0 Å². The second kappa shape index (κ2) is 9.28. The summed E-state index contributed by atoms with van der Waals surface area (Å²) in [5.41, 5.74) is 3.70. The van der Waals surface area contributed by atoms with Crippen LogP contribution < -0.4 is 5.32 Å². The van der Waals surface area contributed by atoms with Crippen LogP contribution in [0.25, 0.3) is 11.6 Å². The molecule has 140 valence electrons. The highest BCUT2D eigenvalue weighted by Gasteiger charge is 2.09. The fraction of sp³-hybridized carbons (Fsp3) is 0.0870. The minimum Gasteiger partial charge on any atom is -0.352 e. The summed E-state index contributed by atoms with van der Waals surface area (Å²) in [6.45, 7) is 0.462. The molecule has 3 rings (SSSR count). The van der Waals surface area contributed by atoms with E-state index in [9.17, 15) is 14.9 Å². The number of nitrogens with one attached hydrogen (secondary N) is 1. The number of nitro groups is 1. The second-order valence-electron chi connectivity index (χ2n) is 6.26. The molecule has 0 unspecified atom stereocenters. The normalized spacial score (nSPS) is 11.1. The maximum atomic E-state index is 12.3. The van der Waals surface area contributed by atoms with E-state index in [1.165, 1.54) is 24.3 Å². The molecule has 0 aliphatic heterocycles. The summed E-state index contributed by atoms with van der Waals surface area (Å²) >= 11 is 0. The van der Waals surface area contributed by atoms with Crippen molar-refractivity contribution in [2.45, 2.75) is 6.42 Å². The van der Waals surface area contributed by atoms with E-state index in [2.05, 4.69) is 11.4 Å². The van der Waals surface area contributed by atoms with Crippen molar-refractivity contribution >= 4 is 23.2 Å². The molecule has 0 aromatic heterocycles. The third kappa shape index (κ3) is 5.14. The zero-order valence-corrected chi connectivity index (χ0v) is 15.2. The maximum absolute atomic E-state index is 12.3. The highest BCUT2D eigenvalue weighted by Crippen LogP contribution is 2.21. The molecule has 5 nitrogen and oxygen atoms in total. The number of benzene rings is 3. The van der Waals surface area contributed by atoms with E-state index in [1.807, 2.05) is 60.7 Å². The smallest absolute Gasteiger partial charge is 0.269 e. The number of hydrogen-bond acceptors (Lipinski definition) is 3. The van der Waals surface area contributed by atoms with Crippen molar-refractivity contribution in [2.24, 2.45) is 0 Å². The molecule has 0 saturated carbocycles. The lowest BCUT2D eigenvalue weighted by atomic mass is 10.00. The Labute approximate surface area is 163 Å². The van der Waals surface area contributed by atoms with Gasteiger partial charge in [-0.15, -0.1) is 0 Å². The molecule has 0 radical (unpaired) electrons. The lowest BCUT2D eigenvalue weighted by Crippen LogP contribution is -2.24. The average molecular weight is 372 g/mol. The number of nitro benzene ring substituents is 1. The molecule has 0 bridgehead atoms. The second-order valence-corrected chi connectivity index (χ2v) is 6.26. The molecule has 5 heteroatoms. The van der Waals surface area contributed by atoms with E-state index in [-0.39, 0.29) is 11.6 Å². The Morgan fingerprint density at radius 3 is 2.07 bits per heavy atom. The van der Waals surface area contributed by atoms with Crippen LogP contribution >= 0.6 is 0 Å². The standard InChI is InChI=1S/C23H20N2O3/c26-23(20-11-13-22(14-12-20)25(27)28)24-16-15-21(19-9-5-2-6-10-19)17-18-7-3-1-4-8-18/h1-14,17H,15-16H2,(H,24,26)/b21-17+. The molecule has 0 fully saturated rings. The van der Waals surface area contributed by atoms with Crippen LogP contribution in [0.15, 0.2) is 84.9 Å². The third-order valence-electron chi connectivity index (χ3n) is 4.31. The van der Waals surface area contributed by atoms with Gasteiger partial charge in [0.15, 0.2) is 0 Å². The van der Waals surface area contributed by atoms with Crippen LogP contribution in [0, 0.1) is 10.1 Å². The molecule has 3 aromatic rings. The van der Waals surface area contributed by atoms with Crippen LogP contribution in [0.1, 0.15) is 27.9 Å². The predicted octanol–water partition coefficient (Wildman–Crippen LogP) is 4.96. The van der Waals surface area contributed by atoms with Gasteiger partial charge in [-0.25, -0.2) is 0 Å². The van der Waals surface area contributed by atoms with Gasteiger partial charge in [0.05, 0.1) is 4.92 Å². The van der Waals surface area contributed by atoms with Crippen molar-refractivity contribution in [2.75, 3.05) is 6.54 Å². The molecule has 1 N–H and O–H groups in total. The average Bonchev–Trinajstić information content (AvgIpc) is 2.74. The van der Waals surface area contributed by atoms with Gasteiger partial charge in [0.1, 0.15) is 0 Å². The van der Waals surface area contributed by atoms with Crippen molar-refractivity contribution in [3.05, 3.63) is 112 Å². The Morgan fingerprint density at radius 2 is 1.46 bits per heavy atom. The summed E-state index contributed by atoms with van der Waals surface area (Å²) in [5.74, 6) is -0.248. The zero-order valence-electron chi connectivity index (χ0n) is 15.2. The van der Waals surface area contributed by atoms with E-state index < -0.39 is 4.92 Å². The van der Waals surface area contributed by atoms with Crippen LogP contribution in [-0.4, -0.2) is 17.4 Å². The molecule has 0 aliphatic carbocycles. The minimum atomic E-state index is -0.484. The zero-order chi connectivity index (χ0) is 19.8. The molecule has 28 heavy (non-hydrogen) atoms. The fourth-order valence-corrected chi connectivity index (χ4v) is 2.85. The first-order valence-corrected chi connectivity index (χ1v) is 8.97. The predicted molar refractivity (Wildman–Crippen MR) is 111 cm³/mol. The SMILES string of the molecule is O=C(NCC/C(=C\c1ccccc1)c1ccccc1)c1ccc([N+](=O)[O-])cc1. The van der Waals surface area contributed by atoms with Crippen LogP contribution in [0.4, 0.5) is 5.69 Å². The Kier molecular flexibility index (Phi) is 6.31. The van der Waals surface area contributed by atoms with Gasteiger partial charge in [0.2, 0.25) is 0 Å². The van der Waals surface area contributed by atoms with E-state index >= 15 is 0 Å². The molecular weight excluding hydrogens is 352 g/mol. The Balaban J connectivity index is 1.68. The summed E-state index contributed by atoms with van der Waals surface area (Å²) in [5, 5.41) is 13.6. The van der Waals surface area contributed by atoms with Crippen molar-refractivity contribution in [1.29, 1.82) is 0 Å². The highest BCUT2D eigenvalue weighted by atomic mass is 16.6. The van der Waals surface area contributed by atoms with Crippen molar-refractivity contribution in [3.8, 4) is 0 Å². The first kappa shape index (κ1) is 19.0. The summed E-state index contributed by atoms with van der Waals surface area (Å²) < 4.78 is 0. The van der Waals surface area contributed by atoms with E-state index in [0.717, 1.165) is 16.7 Å². The first-order valence-electron chi connectivity index (χ1n) is 8.97. The number of non-ortho nitro benzene ring substituents is 1. The molecule has 1 amide bonds. The molecule has 0 saturated heterocycles. The van der Waals surface area contributed by atoms with E-state index in [4.69, 9.17) is 0 Å². The van der Waals surface area contributed by atoms with Gasteiger partial charge in [-0.3, -0.25) is 14.9 Å². The quantitative estimate of drug-likeness (QED) is 0.362. The van der Waals surface area contributed by atoms with Crippen LogP contribution in [0.3, 0.4) is 0 Å². The van der Waals surface area contributed by atoms with E-state index in [1.54, 1.807) is 0 Å². The van der Waals surface area contributed by atoms with Crippen LogP contribution in [-0.2, 0) is 0 Å². The molecule has 0 spiro atoms. The summed E-state index contributed by atoms with van der Waals surface area (Å²) in [6, 6.07) is 25.7. The molecule has 0 heterocycles. The number of carbonyl (C=O) groups is 1. The summed E-state index contributed by atoms with van der Waals surface area (Å²) in [7, 11) is 0. The van der Waals surface area contributed by atoms with Crippen LogP contribution in [0.2, 0.25) is 0 Å². The maximum Gasteiger partial charge on any atom is 0.269 e. The molecule has 3 aromatic carbocycles. The molecule has 0 atom stereocenters. The Hall–Kier alpha value is -3.73. The number of amides is 1. The Morgan fingerprint density at radius 1 is 0.857 bits per heavy atom. The largest absolute Gasteiger partial charge is 0.352 e. The monoisotopic (exact) mass is 372 g/mol. The Bertz CT molecular complexity index is 966. The van der Waals surface area contributed by atoms with Gasteiger partial charge in [0.25, 0.3) is 11.6 Å². The number of carbonyl (C=O) groups excluding carboxylic acids is 1. The van der Waals surface area contributed by atoms with Gasteiger partial charge in [-0.2, -0.15) is 0 Å². The van der Waals surface area contributed by atoms with Gasteiger partial charge in [0, 0.05) is 24.2 Å². The lowest BCUT2D eigenvalue weighted by molar-refractivity contribution is -0.384. The lowest BCUT2D eigenvalue weighted by Gasteiger charge is -2.10. The summed E-state index contributed by atoms with van der Waals surface area (Å²) in [6.07, 6.45) is 2.78. The van der Waals surface area contributed by atoms with Crippen molar-refractivity contribution in [3.63, 3.8) is 0 Å². The highest BCUT2D eigenvalue weighted by molar-refractivity contribution is 5.94. The number of rotatable bonds is 7. The van der Waals surface area contributed by atoms with Crippen LogP contribution in [0.5, 0.6) is 0 Å². The van der Waals surface area contributed by atoms with Gasteiger partial charge in [-0.05, 0) is 35.3 Å². The van der Waals surface area contributed by atoms with Crippen molar-refractivity contribution in [1.82, 2.24) is 5.32 Å².